The SMILES string of the molecule is COC1CCN(C(=O)N(CCC(=O)O)C(C)(C)C)C1. The van der Waals surface area contributed by atoms with Crippen LogP contribution < -0.4 is 0 Å². The molecule has 110 valence electrons. The van der Waals surface area contributed by atoms with Gasteiger partial charge in [-0.05, 0) is 27.2 Å². The summed E-state index contributed by atoms with van der Waals surface area (Å²) in [6.07, 6.45) is 0.884. The molecule has 1 atom stereocenters. The van der Waals surface area contributed by atoms with Gasteiger partial charge in [-0.1, -0.05) is 0 Å². The van der Waals surface area contributed by atoms with Gasteiger partial charge in [0.2, 0.25) is 0 Å². The number of carbonyl (C=O) groups excluding carboxylic acids is 1. The van der Waals surface area contributed by atoms with E-state index in [1.54, 1.807) is 16.9 Å². The van der Waals surface area contributed by atoms with Crippen LogP contribution in [0.1, 0.15) is 33.6 Å². The summed E-state index contributed by atoms with van der Waals surface area (Å²) in [6, 6.07) is -0.103. The Morgan fingerprint density at radius 2 is 2.05 bits per heavy atom. The van der Waals surface area contributed by atoms with E-state index < -0.39 is 11.5 Å². The topological polar surface area (TPSA) is 70.1 Å². The molecule has 0 aromatic rings. The van der Waals surface area contributed by atoms with Gasteiger partial charge in [0, 0.05) is 32.3 Å². The highest BCUT2D eigenvalue weighted by Crippen LogP contribution is 2.20. The normalized spacial score (nSPS) is 19.6. The Kier molecular flexibility index (Phi) is 5.17. The predicted octanol–water partition coefficient (Wildman–Crippen LogP) is 1.40. The van der Waals surface area contributed by atoms with Crippen LogP contribution in [0.25, 0.3) is 0 Å². The van der Waals surface area contributed by atoms with E-state index in [1.807, 2.05) is 20.8 Å². The molecule has 1 heterocycles. The van der Waals surface area contributed by atoms with Crippen molar-refractivity contribution in [3.05, 3.63) is 0 Å². The highest BCUT2D eigenvalue weighted by molar-refractivity contribution is 5.76. The van der Waals surface area contributed by atoms with E-state index in [4.69, 9.17) is 9.84 Å². The minimum Gasteiger partial charge on any atom is -0.481 e. The lowest BCUT2D eigenvalue weighted by Gasteiger charge is -2.38. The maximum atomic E-state index is 12.5. The minimum atomic E-state index is -0.891. The number of carboxylic acid groups (broad SMARTS) is 1. The average Bonchev–Trinajstić information content (AvgIpc) is 2.75. The number of urea groups is 1. The molecule has 1 aliphatic heterocycles. The summed E-state index contributed by atoms with van der Waals surface area (Å²) in [5, 5.41) is 8.78. The molecule has 19 heavy (non-hydrogen) atoms. The molecule has 0 spiro atoms. The first-order valence-corrected chi connectivity index (χ1v) is 6.57. The Morgan fingerprint density at radius 3 is 2.47 bits per heavy atom. The lowest BCUT2D eigenvalue weighted by Crippen LogP contribution is -2.52. The van der Waals surface area contributed by atoms with Crippen molar-refractivity contribution >= 4 is 12.0 Å². The molecule has 1 saturated heterocycles. The monoisotopic (exact) mass is 272 g/mol. The van der Waals surface area contributed by atoms with Gasteiger partial charge in [-0.2, -0.15) is 0 Å². The zero-order valence-electron chi connectivity index (χ0n) is 12.2. The van der Waals surface area contributed by atoms with Crippen molar-refractivity contribution in [2.45, 2.75) is 45.3 Å². The maximum Gasteiger partial charge on any atom is 0.320 e. The lowest BCUT2D eigenvalue weighted by atomic mass is 10.1. The van der Waals surface area contributed by atoms with Gasteiger partial charge in [0.1, 0.15) is 0 Å². The summed E-state index contributed by atoms with van der Waals surface area (Å²) in [7, 11) is 1.64. The maximum absolute atomic E-state index is 12.5. The van der Waals surface area contributed by atoms with Crippen LogP contribution in [0.15, 0.2) is 0 Å². The molecule has 1 fully saturated rings. The number of ether oxygens (including phenoxy) is 1. The van der Waals surface area contributed by atoms with Gasteiger partial charge in [-0.25, -0.2) is 4.79 Å². The van der Waals surface area contributed by atoms with Gasteiger partial charge >= 0.3 is 12.0 Å². The van der Waals surface area contributed by atoms with E-state index in [9.17, 15) is 9.59 Å². The molecule has 6 nitrogen and oxygen atoms in total. The molecule has 1 aliphatic rings. The van der Waals surface area contributed by atoms with Crippen molar-refractivity contribution in [2.75, 3.05) is 26.7 Å². The van der Waals surface area contributed by atoms with Crippen LogP contribution in [-0.2, 0) is 9.53 Å². The number of amides is 2. The smallest absolute Gasteiger partial charge is 0.320 e. The Labute approximate surface area is 114 Å². The van der Waals surface area contributed by atoms with Crippen molar-refractivity contribution in [1.29, 1.82) is 0 Å². The van der Waals surface area contributed by atoms with E-state index in [0.717, 1.165) is 6.42 Å². The molecule has 0 aromatic carbocycles. The molecule has 0 radical (unpaired) electrons. The van der Waals surface area contributed by atoms with Gasteiger partial charge in [0.15, 0.2) is 0 Å². The number of rotatable bonds is 4. The van der Waals surface area contributed by atoms with Gasteiger partial charge in [-0.3, -0.25) is 4.79 Å². The summed E-state index contributed by atoms with van der Waals surface area (Å²) < 4.78 is 5.25. The van der Waals surface area contributed by atoms with Crippen LogP contribution in [0.3, 0.4) is 0 Å². The number of carboxylic acids is 1. The molecule has 6 heteroatoms. The number of methoxy groups -OCH3 is 1. The van der Waals surface area contributed by atoms with Crippen LogP contribution in [0.5, 0.6) is 0 Å². The summed E-state index contributed by atoms with van der Waals surface area (Å²) in [5.74, 6) is -0.891. The molecule has 1 unspecified atom stereocenters. The zero-order chi connectivity index (χ0) is 14.6. The first kappa shape index (κ1) is 15.8. The Hall–Kier alpha value is -1.30. The second kappa shape index (κ2) is 6.23. The number of hydrogen-bond donors (Lipinski definition) is 1. The third-order valence-corrected chi connectivity index (χ3v) is 3.34. The third kappa shape index (κ3) is 4.38. The van der Waals surface area contributed by atoms with Gasteiger partial charge in [-0.15, -0.1) is 0 Å². The Balaban J connectivity index is 2.69. The van der Waals surface area contributed by atoms with Crippen molar-refractivity contribution in [3.63, 3.8) is 0 Å². The molecular weight excluding hydrogens is 248 g/mol. The van der Waals surface area contributed by atoms with Crippen LogP contribution >= 0.6 is 0 Å². The second-order valence-electron chi connectivity index (χ2n) is 5.84. The molecule has 1 rings (SSSR count). The Bertz CT molecular complexity index is 338. The zero-order valence-corrected chi connectivity index (χ0v) is 12.2. The summed E-state index contributed by atoms with van der Waals surface area (Å²) in [4.78, 5) is 26.5. The number of likely N-dealkylation sites (tertiary alicyclic amines) is 1. The molecular formula is C13H24N2O4. The second-order valence-corrected chi connectivity index (χ2v) is 5.84. The predicted molar refractivity (Wildman–Crippen MR) is 71.1 cm³/mol. The molecule has 0 saturated carbocycles. The van der Waals surface area contributed by atoms with Gasteiger partial charge in [0.05, 0.1) is 12.5 Å². The highest BCUT2D eigenvalue weighted by atomic mass is 16.5. The standard InChI is InChI=1S/C13H24N2O4/c1-13(2,3)15(8-6-11(16)17)12(18)14-7-5-10(9-14)19-4/h10H,5-9H2,1-4H3,(H,16,17). The van der Waals surface area contributed by atoms with Crippen LogP contribution in [0.4, 0.5) is 4.79 Å². The van der Waals surface area contributed by atoms with E-state index >= 15 is 0 Å². The van der Waals surface area contributed by atoms with Crippen molar-refractivity contribution < 1.29 is 19.4 Å². The first-order chi connectivity index (χ1) is 8.75. The van der Waals surface area contributed by atoms with E-state index in [0.29, 0.717) is 13.1 Å². The van der Waals surface area contributed by atoms with Crippen molar-refractivity contribution in [2.24, 2.45) is 0 Å². The summed E-state index contributed by atoms with van der Waals surface area (Å²) in [5.41, 5.74) is -0.391. The largest absolute Gasteiger partial charge is 0.481 e. The highest BCUT2D eigenvalue weighted by Gasteiger charge is 2.34. The molecule has 0 bridgehead atoms. The fraction of sp³-hybridized carbons (Fsp3) is 0.846. The molecule has 1 N–H and O–H groups in total. The van der Waals surface area contributed by atoms with Crippen LogP contribution in [0.2, 0.25) is 0 Å². The fourth-order valence-corrected chi connectivity index (χ4v) is 2.19. The number of aliphatic carboxylic acids is 1. The molecule has 0 aromatic heterocycles. The minimum absolute atomic E-state index is 0.0371. The molecule has 2 amide bonds. The van der Waals surface area contributed by atoms with Crippen molar-refractivity contribution in [3.8, 4) is 0 Å². The van der Waals surface area contributed by atoms with E-state index in [1.165, 1.54) is 0 Å². The first-order valence-electron chi connectivity index (χ1n) is 6.57. The number of hydrogen-bond acceptors (Lipinski definition) is 3. The number of nitrogens with zero attached hydrogens (tertiary/aromatic N) is 2. The van der Waals surface area contributed by atoms with E-state index in [2.05, 4.69) is 0 Å². The fourth-order valence-electron chi connectivity index (χ4n) is 2.19. The third-order valence-electron chi connectivity index (χ3n) is 3.34. The summed E-state index contributed by atoms with van der Waals surface area (Å²) >= 11 is 0. The number of carbonyl (C=O) groups is 2. The van der Waals surface area contributed by atoms with Crippen LogP contribution in [0, 0.1) is 0 Å². The van der Waals surface area contributed by atoms with E-state index in [-0.39, 0.29) is 25.1 Å². The van der Waals surface area contributed by atoms with Crippen molar-refractivity contribution in [1.82, 2.24) is 9.80 Å². The van der Waals surface area contributed by atoms with Gasteiger partial charge in [0.25, 0.3) is 0 Å². The lowest BCUT2D eigenvalue weighted by molar-refractivity contribution is -0.137. The average molecular weight is 272 g/mol. The Morgan fingerprint density at radius 1 is 1.42 bits per heavy atom. The summed E-state index contributed by atoms with van der Waals surface area (Å²) in [6.45, 7) is 7.21. The van der Waals surface area contributed by atoms with Gasteiger partial charge < -0.3 is 19.6 Å². The molecule has 0 aliphatic carbocycles. The van der Waals surface area contributed by atoms with Crippen LogP contribution in [-0.4, -0.2) is 65.3 Å². The quantitative estimate of drug-likeness (QED) is 0.840.